The smallest absolute Gasteiger partial charge is 1.00 e. The topological polar surface area (TPSA) is 69.2 Å². The monoisotopic (exact) mass is 190 g/mol. The summed E-state index contributed by atoms with van der Waals surface area (Å²) in [5, 5.41) is 25.2. The van der Waals surface area contributed by atoms with Gasteiger partial charge in [-0.15, -0.1) is 0 Å². The molecular formula is BNa2O3Rb-. The van der Waals surface area contributed by atoms with Crippen molar-refractivity contribution in [3.8, 4) is 0 Å². The Morgan fingerprint density at radius 3 is 0.857 bits per heavy atom. The predicted octanol–water partition coefficient (Wildman–Crippen LogP) is -12.9. The molecule has 0 aliphatic rings. The molecule has 0 saturated heterocycles. The molecule has 0 unspecified atom stereocenters. The summed E-state index contributed by atoms with van der Waals surface area (Å²) in [6.07, 6.45) is 0. The summed E-state index contributed by atoms with van der Waals surface area (Å²) in [5.41, 5.74) is 0. The van der Waals surface area contributed by atoms with Gasteiger partial charge in [-0.05, 0) is 0 Å². The van der Waals surface area contributed by atoms with E-state index >= 15 is 0 Å². The van der Waals surface area contributed by atoms with Crippen molar-refractivity contribution in [2.75, 3.05) is 0 Å². The number of rotatable bonds is 0. The van der Waals surface area contributed by atoms with Gasteiger partial charge in [0.2, 0.25) is 0 Å². The molecule has 0 amide bonds. The SMILES string of the molecule is [Na+].[Na+].[O-][B-]([O-])[O-].[Rb+]. The molecule has 3 nitrogen and oxygen atoms in total. The fourth-order valence-electron chi connectivity index (χ4n) is 0. The van der Waals surface area contributed by atoms with E-state index in [1.54, 1.807) is 0 Å². The molecule has 0 rings (SSSR count). The van der Waals surface area contributed by atoms with Crippen LogP contribution in [0.2, 0.25) is 0 Å². The Hall–Kier alpha value is 3.75. The van der Waals surface area contributed by atoms with Gasteiger partial charge < -0.3 is 22.4 Å². The van der Waals surface area contributed by atoms with E-state index in [1.807, 2.05) is 0 Å². The first-order valence-corrected chi connectivity index (χ1v) is 0.707. The van der Waals surface area contributed by atoms with E-state index in [9.17, 15) is 0 Å². The average molecular weight is 190 g/mol. The van der Waals surface area contributed by atoms with Crippen LogP contribution >= 0.6 is 0 Å². The quantitative estimate of drug-likeness (QED) is 0.356. The Kier molecular flexibility index (Phi) is 52.5. The minimum absolute atomic E-state index is 0. The first kappa shape index (κ1) is 22.4. The minimum Gasteiger partial charge on any atom is -1.08 e. The summed E-state index contributed by atoms with van der Waals surface area (Å²) < 4.78 is 0. The van der Waals surface area contributed by atoms with Crippen molar-refractivity contribution in [2.24, 2.45) is 0 Å². The summed E-state index contributed by atoms with van der Waals surface area (Å²) in [5.74, 6) is 0. The van der Waals surface area contributed by atoms with Gasteiger partial charge in [-0.3, -0.25) is 0 Å². The van der Waals surface area contributed by atoms with Gasteiger partial charge in [0.25, 0.3) is 0 Å². The average Bonchev–Trinajstić information content (AvgIpc) is 0.811. The number of hydrogen-bond donors (Lipinski definition) is 0. The Morgan fingerprint density at radius 2 is 0.857 bits per heavy atom. The summed E-state index contributed by atoms with van der Waals surface area (Å²) in [4.78, 5) is 0. The first-order valence-electron chi connectivity index (χ1n) is 0.707. The first-order chi connectivity index (χ1) is 1.73. The van der Waals surface area contributed by atoms with E-state index in [0.717, 1.165) is 0 Å². The second-order valence-electron chi connectivity index (χ2n) is 0.289. The van der Waals surface area contributed by atoms with Crippen LogP contribution < -0.4 is 132 Å². The van der Waals surface area contributed by atoms with Crippen molar-refractivity contribution in [2.45, 2.75) is 0 Å². The summed E-state index contributed by atoms with van der Waals surface area (Å²) >= 11 is 0. The van der Waals surface area contributed by atoms with E-state index in [4.69, 9.17) is 15.1 Å². The largest absolute Gasteiger partial charge is 1.08 e. The van der Waals surface area contributed by atoms with Crippen LogP contribution in [0.25, 0.3) is 0 Å². The molecule has 1 radical (unpaired) electrons. The third kappa shape index (κ3) is 41.6. The van der Waals surface area contributed by atoms with Crippen LogP contribution in [0.15, 0.2) is 0 Å². The molecule has 0 bridgehead atoms. The van der Waals surface area contributed by atoms with Crippen molar-refractivity contribution in [1.82, 2.24) is 0 Å². The molecule has 0 fully saturated rings. The minimum atomic E-state index is -2.92. The Bertz CT molecular complexity index is 17.7. The van der Waals surface area contributed by atoms with Gasteiger partial charge in [-0.1, -0.05) is 0 Å². The van der Waals surface area contributed by atoms with Gasteiger partial charge in [-0.2, -0.15) is 0 Å². The molecule has 0 aromatic rings. The summed E-state index contributed by atoms with van der Waals surface area (Å²) in [6.45, 7) is 0. The summed E-state index contributed by atoms with van der Waals surface area (Å²) in [6, 6.07) is 0. The van der Waals surface area contributed by atoms with E-state index in [-0.39, 0.29) is 117 Å². The zero-order chi connectivity index (χ0) is 3.58. The molecule has 0 heterocycles. The maximum absolute atomic E-state index is 8.42. The predicted molar refractivity (Wildman–Crippen MR) is 5.75 cm³/mol. The molecule has 0 atom stereocenters. The molecule has 7 heavy (non-hydrogen) atoms. The molecule has 0 aliphatic heterocycles. The van der Waals surface area contributed by atoms with Crippen molar-refractivity contribution >= 4 is 7.32 Å². The van der Waals surface area contributed by atoms with Gasteiger partial charge in [0.15, 0.2) is 0 Å². The zero-order valence-electron chi connectivity index (χ0n) is 4.80. The number of hydrogen-bond acceptors (Lipinski definition) is 3. The van der Waals surface area contributed by atoms with Crippen LogP contribution in [0.4, 0.5) is 0 Å². The fraction of sp³-hybridized carbons (Fsp3) is 0. The standard InChI is InChI=1S/BO3.2Na.Rb/c2-1(3)4;;;/q-4;3*+1. The normalized spacial score (nSPS) is 5.14. The molecule has 0 spiro atoms. The van der Waals surface area contributed by atoms with Crippen LogP contribution in [0, 0.1) is 0 Å². The van der Waals surface area contributed by atoms with Crippen LogP contribution in [0.3, 0.4) is 0 Å². The molecule has 0 aromatic heterocycles. The molecule has 0 N–H and O–H groups in total. The maximum Gasteiger partial charge on any atom is 1.00 e. The van der Waals surface area contributed by atoms with Gasteiger partial charge in [0.1, 0.15) is 0 Å². The maximum atomic E-state index is 8.42. The second kappa shape index (κ2) is 16.4. The second-order valence-corrected chi connectivity index (χ2v) is 0.289. The van der Waals surface area contributed by atoms with Gasteiger partial charge in [0.05, 0.1) is 0 Å². The molecule has 25 valence electrons. The summed E-state index contributed by atoms with van der Waals surface area (Å²) in [7, 11) is -2.92. The van der Waals surface area contributed by atoms with Gasteiger partial charge in [0, 0.05) is 0 Å². The molecule has 0 aliphatic carbocycles. The Morgan fingerprint density at radius 1 is 0.857 bits per heavy atom. The van der Waals surface area contributed by atoms with Crippen LogP contribution in [0.5, 0.6) is 0 Å². The van der Waals surface area contributed by atoms with E-state index < -0.39 is 7.32 Å². The van der Waals surface area contributed by atoms with Crippen LogP contribution in [-0.4, -0.2) is 7.32 Å². The third-order valence-corrected chi connectivity index (χ3v) is 0. The van der Waals surface area contributed by atoms with Gasteiger partial charge >= 0.3 is 117 Å². The van der Waals surface area contributed by atoms with E-state index in [0.29, 0.717) is 0 Å². The third-order valence-electron chi connectivity index (χ3n) is 0. The van der Waals surface area contributed by atoms with Gasteiger partial charge in [-0.25, -0.2) is 0 Å². The van der Waals surface area contributed by atoms with Crippen molar-refractivity contribution in [3.63, 3.8) is 0 Å². The fourth-order valence-corrected chi connectivity index (χ4v) is 0. The van der Waals surface area contributed by atoms with E-state index in [1.165, 1.54) is 0 Å². The van der Waals surface area contributed by atoms with Crippen LogP contribution in [-0.2, 0) is 0 Å². The molecule has 0 saturated carbocycles. The zero-order valence-corrected chi connectivity index (χ0v) is 13.7. The molecule has 0 aromatic carbocycles. The Balaban J connectivity index is -0.0000000150. The van der Waals surface area contributed by atoms with E-state index in [2.05, 4.69) is 0 Å². The van der Waals surface area contributed by atoms with Crippen molar-refractivity contribution in [3.05, 3.63) is 0 Å². The van der Waals surface area contributed by atoms with Crippen LogP contribution in [0.1, 0.15) is 0 Å². The molecular weight excluding hydrogens is 190 g/mol. The molecule has 7 heteroatoms. The Labute approximate surface area is 136 Å². The van der Waals surface area contributed by atoms with Crippen molar-refractivity contribution in [1.29, 1.82) is 0 Å². The van der Waals surface area contributed by atoms with Crippen molar-refractivity contribution < 1.29 is 132 Å².